The van der Waals surface area contributed by atoms with Gasteiger partial charge in [0.05, 0.1) is 11.4 Å². The molecule has 0 saturated carbocycles. The summed E-state index contributed by atoms with van der Waals surface area (Å²) >= 11 is 0. The van der Waals surface area contributed by atoms with E-state index in [4.69, 9.17) is 0 Å². The molecule has 0 aliphatic carbocycles. The van der Waals surface area contributed by atoms with Crippen LogP contribution in [0.5, 0.6) is 0 Å². The lowest BCUT2D eigenvalue weighted by Gasteiger charge is -2.11. The molecule has 1 aromatic carbocycles. The van der Waals surface area contributed by atoms with Crippen LogP contribution in [0.1, 0.15) is 31.0 Å². The normalized spacial score (nSPS) is 10.7. The highest BCUT2D eigenvalue weighted by atomic mass is 19.1. The van der Waals surface area contributed by atoms with Gasteiger partial charge in [-0.05, 0) is 38.0 Å². The fraction of sp³-hybridized carbons (Fsp3) is 0.400. The van der Waals surface area contributed by atoms with Crippen molar-refractivity contribution in [1.82, 2.24) is 9.55 Å². The zero-order chi connectivity index (χ0) is 13.8. The van der Waals surface area contributed by atoms with E-state index < -0.39 is 0 Å². The summed E-state index contributed by atoms with van der Waals surface area (Å²) in [6, 6.07) is 5.10. The van der Waals surface area contributed by atoms with Crippen molar-refractivity contribution >= 4 is 5.95 Å². The Labute approximate surface area is 113 Å². The number of hydrogen-bond acceptors (Lipinski definition) is 2. The third-order valence-electron chi connectivity index (χ3n) is 3.00. The molecule has 0 fully saturated rings. The maximum atomic E-state index is 14.0. The second-order valence-corrected chi connectivity index (χ2v) is 4.81. The van der Waals surface area contributed by atoms with Crippen LogP contribution in [0, 0.1) is 19.7 Å². The summed E-state index contributed by atoms with van der Waals surface area (Å²) in [5.41, 5.74) is 2.45. The highest BCUT2D eigenvalue weighted by molar-refractivity contribution is 5.45. The van der Waals surface area contributed by atoms with Gasteiger partial charge < -0.3 is 5.32 Å². The molecule has 1 aromatic heterocycles. The number of aromatic nitrogens is 2. The molecule has 3 nitrogen and oxygen atoms in total. The van der Waals surface area contributed by atoms with Gasteiger partial charge in [0, 0.05) is 12.7 Å². The predicted octanol–water partition coefficient (Wildman–Crippen LogP) is 3.84. The third-order valence-corrected chi connectivity index (χ3v) is 3.00. The van der Waals surface area contributed by atoms with E-state index in [1.54, 1.807) is 10.6 Å². The number of anilines is 1. The van der Waals surface area contributed by atoms with Crippen LogP contribution in [0.15, 0.2) is 24.4 Å². The molecule has 0 aliphatic rings. The van der Waals surface area contributed by atoms with Crippen LogP contribution in [-0.2, 0) is 0 Å². The van der Waals surface area contributed by atoms with E-state index in [1.165, 1.54) is 6.07 Å². The summed E-state index contributed by atoms with van der Waals surface area (Å²) in [7, 11) is 0. The monoisotopic (exact) mass is 261 g/mol. The number of halogens is 1. The Kier molecular flexibility index (Phi) is 4.20. The molecule has 0 bridgehead atoms. The van der Waals surface area contributed by atoms with Crippen molar-refractivity contribution < 1.29 is 4.39 Å². The number of aryl methyl sites for hydroxylation is 2. The Bertz CT molecular complexity index is 561. The summed E-state index contributed by atoms with van der Waals surface area (Å²) in [6.07, 6.45) is 4.04. The van der Waals surface area contributed by atoms with Gasteiger partial charge in [0.2, 0.25) is 5.95 Å². The molecule has 2 aromatic rings. The summed E-state index contributed by atoms with van der Waals surface area (Å²) in [5, 5.41) is 3.27. The van der Waals surface area contributed by atoms with Crippen LogP contribution >= 0.6 is 0 Å². The summed E-state index contributed by atoms with van der Waals surface area (Å²) in [4.78, 5) is 4.41. The Morgan fingerprint density at radius 2 is 2.11 bits per heavy atom. The largest absolute Gasteiger partial charge is 0.355 e. The zero-order valence-corrected chi connectivity index (χ0v) is 11.7. The fourth-order valence-electron chi connectivity index (χ4n) is 1.99. The summed E-state index contributed by atoms with van der Waals surface area (Å²) in [5.74, 6) is 0.469. The van der Waals surface area contributed by atoms with E-state index in [-0.39, 0.29) is 5.82 Å². The summed E-state index contributed by atoms with van der Waals surface area (Å²) in [6.45, 7) is 6.85. The Balaban J connectivity index is 2.35. The van der Waals surface area contributed by atoms with Gasteiger partial charge >= 0.3 is 0 Å². The van der Waals surface area contributed by atoms with Crippen molar-refractivity contribution in [2.45, 2.75) is 33.6 Å². The molecule has 0 unspecified atom stereocenters. The van der Waals surface area contributed by atoms with Gasteiger partial charge in [-0.1, -0.05) is 19.4 Å². The van der Waals surface area contributed by atoms with Gasteiger partial charge in [-0.3, -0.25) is 4.57 Å². The topological polar surface area (TPSA) is 29.9 Å². The van der Waals surface area contributed by atoms with Crippen molar-refractivity contribution in [2.24, 2.45) is 0 Å². The number of rotatable bonds is 5. The number of benzene rings is 1. The first-order valence-corrected chi connectivity index (χ1v) is 6.68. The zero-order valence-electron chi connectivity index (χ0n) is 11.7. The van der Waals surface area contributed by atoms with E-state index >= 15 is 0 Å². The average Bonchev–Trinajstić information content (AvgIpc) is 2.74. The number of nitrogens with zero attached hydrogens (tertiary/aromatic N) is 2. The van der Waals surface area contributed by atoms with E-state index in [0.29, 0.717) is 11.6 Å². The standard InChI is InChI=1S/C15H20FN3/c1-4-5-8-17-15-18-12(3)10-19(15)14-9-11(2)6-7-13(14)16/h6-7,9-10H,4-5,8H2,1-3H3,(H,17,18). The molecule has 2 rings (SSSR count). The minimum absolute atomic E-state index is 0.235. The molecule has 0 amide bonds. The number of nitrogens with one attached hydrogen (secondary N) is 1. The second kappa shape index (κ2) is 5.87. The van der Waals surface area contributed by atoms with Gasteiger partial charge in [0.15, 0.2) is 0 Å². The van der Waals surface area contributed by atoms with Crippen molar-refractivity contribution in [3.05, 3.63) is 41.5 Å². The molecular weight excluding hydrogens is 241 g/mol. The molecule has 102 valence electrons. The number of hydrogen-bond donors (Lipinski definition) is 1. The maximum absolute atomic E-state index is 14.0. The second-order valence-electron chi connectivity index (χ2n) is 4.81. The van der Waals surface area contributed by atoms with Gasteiger partial charge in [-0.25, -0.2) is 9.37 Å². The van der Waals surface area contributed by atoms with E-state index in [2.05, 4.69) is 17.2 Å². The minimum atomic E-state index is -0.235. The number of imidazole rings is 1. The number of unbranched alkanes of at least 4 members (excludes halogenated alkanes) is 1. The first kappa shape index (κ1) is 13.6. The molecule has 0 atom stereocenters. The van der Waals surface area contributed by atoms with Crippen LogP contribution in [0.4, 0.5) is 10.3 Å². The molecular formula is C15H20FN3. The van der Waals surface area contributed by atoms with E-state index in [0.717, 1.165) is 30.6 Å². The maximum Gasteiger partial charge on any atom is 0.207 e. The first-order chi connectivity index (χ1) is 9.11. The van der Waals surface area contributed by atoms with Crippen molar-refractivity contribution in [1.29, 1.82) is 0 Å². The fourth-order valence-corrected chi connectivity index (χ4v) is 1.99. The SMILES string of the molecule is CCCCNc1nc(C)cn1-c1cc(C)ccc1F. The molecule has 0 saturated heterocycles. The van der Waals surface area contributed by atoms with Gasteiger partial charge in [-0.15, -0.1) is 0 Å². The highest BCUT2D eigenvalue weighted by Crippen LogP contribution is 2.20. The molecule has 19 heavy (non-hydrogen) atoms. The smallest absolute Gasteiger partial charge is 0.207 e. The molecule has 1 heterocycles. The molecule has 1 N–H and O–H groups in total. The quantitative estimate of drug-likeness (QED) is 0.829. The molecule has 4 heteroatoms. The highest BCUT2D eigenvalue weighted by Gasteiger charge is 2.11. The third kappa shape index (κ3) is 3.13. The minimum Gasteiger partial charge on any atom is -0.355 e. The Morgan fingerprint density at radius 1 is 1.32 bits per heavy atom. The van der Waals surface area contributed by atoms with Crippen LogP contribution in [0.3, 0.4) is 0 Å². The summed E-state index contributed by atoms with van der Waals surface area (Å²) < 4.78 is 15.7. The van der Waals surface area contributed by atoms with Crippen LogP contribution in [0.2, 0.25) is 0 Å². The van der Waals surface area contributed by atoms with Crippen molar-refractivity contribution in [3.8, 4) is 5.69 Å². The lowest BCUT2D eigenvalue weighted by Crippen LogP contribution is -2.08. The van der Waals surface area contributed by atoms with E-state index in [9.17, 15) is 4.39 Å². The van der Waals surface area contributed by atoms with Gasteiger partial charge in [0.1, 0.15) is 5.82 Å². The molecule has 0 aliphatic heterocycles. The average molecular weight is 261 g/mol. The Hall–Kier alpha value is -1.84. The lowest BCUT2D eigenvalue weighted by molar-refractivity contribution is 0.618. The van der Waals surface area contributed by atoms with Gasteiger partial charge in [0.25, 0.3) is 0 Å². The Morgan fingerprint density at radius 3 is 2.84 bits per heavy atom. The lowest BCUT2D eigenvalue weighted by atomic mass is 10.2. The van der Waals surface area contributed by atoms with Crippen LogP contribution in [-0.4, -0.2) is 16.1 Å². The molecule has 0 spiro atoms. The predicted molar refractivity (Wildman–Crippen MR) is 76.4 cm³/mol. The van der Waals surface area contributed by atoms with Crippen molar-refractivity contribution in [2.75, 3.05) is 11.9 Å². The van der Waals surface area contributed by atoms with E-state index in [1.807, 2.05) is 26.1 Å². The van der Waals surface area contributed by atoms with Gasteiger partial charge in [-0.2, -0.15) is 0 Å². The van der Waals surface area contributed by atoms with Crippen molar-refractivity contribution in [3.63, 3.8) is 0 Å². The molecule has 0 radical (unpaired) electrons. The van der Waals surface area contributed by atoms with Crippen LogP contribution in [0.25, 0.3) is 5.69 Å². The first-order valence-electron chi connectivity index (χ1n) is 6.68. The van der Waals surface area contributed by atoms with Crippen LogP contribution < -0.4 is 5.32 Å².